The highest BCUT2D eigenvalue weighted by atomic mass is 16.2. The Hall–Kier alpha value is -2.93. The molecule has 1 saturated heterocycles. The Morgan fingerprint density at radius 2 is 2.04 bits per heavy atom. The molecule has 1 aliphatic rings. The molecule has 0 radical (unpaired) electrons. The number of hydrazine groups is 1. The van der Waals surface area contributed by atoms with Gasteiger partial charge in [0.15, 0.2) is 0 Å². The fourth-order valence-corrected chi connectivity index (χ4v) is 3.30. The molecule has 0 bridgehead atoms. The number of hydrogen-bond donors (Lipinski definition) is 4. The maximum absolute atomic E-state index is 12.4. The van der Waals surface area contributed by atoms with Crippen LogP contribution in [0.5, 0.6) is 0 Å². The van der Waals surface area contributed by atoms with Crippen LogP contribution in [0, 0.1) is 6.92 Å². The number of amides is 2. The lowest BCUT2D eigenvalue weighted by atomic mass is 10.1. The van der Waals surface area contributed by atoms with Crippen molar-refractivity contribution in [1.29, 1.82) is 0 Å². The van der Waals surface area contributed by atoms with Crippen molar-refractivity contribution in [3.8, 4) is 0 Å². The molecule has 128 valence electrons. The van der Waals surface area contributed by atoms with Crippen LogP contribution in [0.1, 0.15) is 29.0 Å². The molecule has 0 aliphatic carbocycles. The van der Waals surface area contributed by atoms with Crippen LogP contribution in [-0.4, -0.2) is 34.4 Å². The third-order valence-corrected chi connectivity index (χ3v) is 4.59. The number of nitrogens with zero attached hydrogens (tertiary/aromatic N) is 1. The molecule has 0 unspecified atom stereocenters. The quantitative estimate of drug-likeness (QED) is 0.533. The second-order valence-electron chi connectivity index (χ2n) is 6.28. The van der Waals surface area contributed by atoms with Crippen molar-refractivity contribution in [3.05, 3.63) is 41.7 Å². The van der Waals surface area contributed by atoms with E-state index >= 15 is 0 Å². The molecular weight excluding hydrogens is 318 g/mol. The zero-order valence-corrected chi connectivity index (χ0v) is 13.8. The predicted molar refractivity (Wildman–Crippen MR) is 95.0 cm³/mol. The fraction of sp³-hybridized carbons (Fsp3) is 0.278. The standard InChI is InChI=1S/C18H19N5O2/c1-10-16-12(11-5-2-3-6-13(11)21-16)9-15(20-10)18(25)23-22-17(24)14-7-4-8-19-14/h2-3,5-6,9,14,19,21H,4,7-8H2,1H3,(H,22,24)(H,23,25)/t14-/m0/s1. The molecule has 3 heterocycles. The van der Waals surface area contributed by atoms with Gasteiger partial charge >= 0.3 is 0 Å². The Balaban J connectivity index is 1.59. The summed E-state index contributed by atoms with van der Waals surface area (Å²) in [7, 11) is 0. The van der Waals surface area contributed by atoms with Crippen molar-refractivity contribution in [2.75, 3.05) is 6.54 Å². The number of para-hydroxylation sites is 1. The van der Waals surface area contributed by atoms with E-state index in [-0.39, 0.29) is 17.6 Å². The number of benzene rings is 1. The Morgan fingerprint density at radius 1 is 1.20 bits per heavy atom. The molecule has 2 aromatic heterocycles. The largest absolute Gasteiger partial charge is 0.353 e. The highest BCUT2D eigenvalue weighted by molar-refractivity contribution is 6.10. The van der Waals surface area contributed by atoms with Crippen LogP contribution < -0.4 is 16.2 Å². The molecule has 1 aliphatic heterocycles. The number of carbonyl (C=O) groups excluding carboxylic acids is 2. The van der Waals surface area contributed by atoms with Gasteiger partial charge in [-0.05, 0) is 38.4 Å². The topological polar surface area (TPSA) is 98.9 Å². The summed E-state index contributed by atoms with van der Waals surface area (Å²) in [6, 6.07) is 9.41. The lowest BCUT2D eigenvalue weighted by molar-refractivity contribution is -0.123. The number of hydrogen-bond acceptors (Lipinski definition) is 4. The molecule has 7 heteroatoms. The van der Waals surface area contributed by atoms with Crippen LogP contribution in [0.2, 0.25) is 0 Å². The van der Waals surface area contributed by atoms with Gasteiger partial charge in [-0.25, -0.2) is 4.98 Å². The smallest absolute Gasteiger partial charge is 0.288 e. The summed E-state index contributed by atoms with van der Waals surface area (Å²) < 4.78 is 0. The average molecular weight is 337 g/mol. The zero-order valence-electron chi connectivity index (χ0n) is 13.8. The van der Waals surface area contributed by atoms with Gasteiger partial charge < -0.3 is 10.3 Å². The summed E-state index contributed by atoms with van der Waals surface area (Å²) in [5.41, 5.74) is 7.85. The molecule has 7 nitrogen and oxygen atoms in total. The Morgan fingerprint density at radius 3 is 2.84 bits per heavy atom. The van der Waals surface area contributed by atoms with Crippen molar-refractivity contribution < 1.29 is 9.59 Å². The second kappa shape index (κ2) is 6.18. The molecule has 1 atom stereocenters. The minimum Gasteiger partial charge on any atom is -0.353 e. The molecule has 25 heavy (non-hydrogen) atoms. The van der Waals surface area contributed by atoms with Gasteiger partial charge in [0.25, 0.3) is 11.8 Å². The number of nitrogens with one attached hydrogen (secondary N) is 4. The SMILES string of the molecule is Cc1nc(C(=O)NNC(=O)[C@@H]2CCCN2)cc2c1[nH]c1ccccc12. The summed E-state index contributed by atoms with van der Waals surface area (Å²) >= 11 is 0. The molecule has 1 fully saturated rings. The summed E-state index contributed by atoms with van der Waals surface area (Å²) in [5.74, 6) is -0.655. The summed E-state index contributed by atoms with van der Waals surface area (Å²) in [6.45, 7) is 2.68. The Labute approximate surface area is 144 Å². The van der Waals surface area contributed by atoms with E-state index in [1.165, 1.54) is 0 Å². The Kier molecular flexibility index (Phi) is 3.85. The molecule has 3 aromatic rings. The average Bonchev–Trinajstić information content (AvgIpc) is 3.27. The van der Waals surface area contributed by atoms with E-state index in [1.54, 1.807) is 6.07 Å². The molecule has 2 amide bonds. The molecule has 1 aromatic carbocycles. The maximum Gasteiger partial charge on any atom is 0.288 e. The van der Waals surface area contributed by atoms with Crippen LogP contribution in [0.15, 0.2) is 30.3 Å². The number of aromatic amines is 1. The van der Waals surface area contributed by atoms with Gasteiger partial charge in [-0.3, -0.25) is 20.4 Å². The van der Waals surface area contributed by atoms with E-state index in [9.17, 15) is 9.59 Å². The van der Waals surface area contributed by atoms with Gasteiger partial charge in [0.2, 0.25) is 0 Å². The number of rotatable bonds is 2. The van der Waals surface area contributed by atoms with Crippen LogP contribution in [0.4, 0.5) is 0 Å². The van der Waals surface area contributed by atoms with Gasteiger partial charge in [0, 0.05) is 16.3 Å². The first-order valence-electron chi connectivity index (χ1n) is 8.35. The van der Waals surface area contributed by atoms with Gasteiger partial charge in [0.1, 0.15) is 5.69 Å². The molecule has 0 spiro atoms. The van der Waals surface area contributed by atoms with Gasteiger partial charge in [-0.1, -0.05) is 18.2 Å². The lowest BCUT2D eigenvalue weighted by Gasteiger charge is -2.12. The number of fused-ring (bicyclic) bond motifs is 3. The first-order valence-corrected chi connectivity index (χ1v) is 8.35. The van der Waals surface area contributed by atoms with E-state index < -0.39 is 5.91 Å². The number of carbonyl (C=O) groups is 2. The first kappa shape index (κ1) is 15.6. The second-order valence-corrected chi connectivity index (χ2v) is 6.28. The highest BCUT2D eigenvalue weighted by Gasteiger charge is 2.22. The lowest BCUT2D eigenvalue weighted by Crippen LogP contribution is -2.49. The number of pyridine rings is 1. The van der Waals surface area contributed by atoms with Gasteiger partial charge in [-0.15, -0.1) is 0 Å². The van der Waals surface area contributed by atoms with Gasteiger partial charge in [0.05, 0.1) is 17.3 Å². The van der Waals surface area contributed by atoms with E-state index in [1.807, 2.05) is 31.2 Å². The normalized spacial score (nSPS) is 17.1. The summed E-state index contributed by atoms with van der Waals surface area (Å²) in [6.07, 6.45) is 1.74. The van der Waals surface area contributed by atoms with E-state index in [2.05, 4.69) is 26.1 Å². The first-order chi connectivity index (χ1) is 12.1. The van der Waals surface area contributed by atoms with Crippen molar-refractivity contribution in [2.24, 2.45) is 0 Å². The number of aryl methyl sites for hydroxylation is 1. The summed E-state index contributed by atoms with van der Waals surface area (Å²) in [4.78, 5) is 32.1. The maximum atomic E-state index is 12.4. The molecular formula is C18H19N5O2. The van der Waals surface area contributed by atoms with Crippen LogP contribution in [0.25, 0.3) is 21.8 Å². The minimum absolute atomic E-state index is 0.226. The van der Waals surface area contributed by atoms with Crippen LogP contribution >= 0.6 is 0 Å². The van der Waals surface area contributed by atoms with Crippen molar-refractivity contribution >= 4 is 33.6 Å². The Bertz CT molecular complexity index is 972. The van der Waals surface area contributed by atoms with Crippen molar-refractivity contribution in [3.63, 3.8) is 0 Å². The number of aromatic nitrogens is 2. The minimum atomic E-state index is -0.429. The summed E-state index contributed by atoms with van der Waals surface area (Å²) in [5, 5.41) is 5.07. The van der Waals surface area contributed by atoms with Crippen LogP contribution in [0.3, 0.4) is 0 Å². The number of H-pyrrole nitrogens is 1. The van der Waals surface area contributed by atoms with Gasteiger partial charge in [-0.2, -0.15) is 0 Å². The monoisotopic (exact) mass is 337 g/mol. The molecule has 0 saturated carbocycles. The predicted octanol–water partition coefficient (Wildman–Crippen LogP) is 1.54. The highest BCUT2D eigenvalue weighted by Crippen LogP contribution is 2.27. The van der Waals surface area contributed by atoms with E-state index in [0.717, 1.165) is 46.9 Å². The van der Waals surface area contributed by atoms with E-state index in [0.29, 0.717) is 0 Å². The third kappa shape index (κ3) is 2.83. The molecule has 4 N–H and O–H groups in total. The van der Waals surface area contributed by atoms with Crippen LogP contribution in [-0.2, 0) is 4.79 Å². The third-order valence-electron chi connectivity index (χ3n) is 4.59. The zero-order chi connectivity index (χ0) is 17.4. The van der Waals surface area contributed by atoms with Crippen molar-refractivity contribution in [2.45, 2.75) is 25.8 Å². The molecule has 4 rings (SSSR count). The van der Waals surface area contributed by atoms with Crippen molar-refractivity contribution in [1.82, 2.24) is 26.1 Å². The van der Waals surface area contributed by atoms with E-state index in [4.69, 9.17) is 0 Å². The fourth-order valence-electron chi connectivity index (χ4n) is 3.30.